The lowest BCUT2D eigenvalue weighted by Crippen LogP contribution is -2.68. The van der Waals surface area contributed by atoms with Crippen molar-refractivity contribution in [2.24, 2.45) is 0 Å². The summed E-state index contributed by atoms with van der Waals surface area (Å²) in [6.07, 6.45) is 0.685. The first kappa shape index (κ1) is 26.3. The highest BCUT2D eigenvalue weighted by atomic mass is 28.4. The van der Waals surface area contributed by atoms with Crippen LogP contribution in [0.1, 0.15) is 53.4 Å². The van der Waals surface area contributed by atoms with Crippen LogP contribution >= 0.6 is 0 Å². The monoisotopic (exact) mass is 458 g/mol. The number of hydrogen-bond acceptors (Lipinski definition) is 5. The molecule has 5 nitrogen and oxygen atoms in total. The molecule has 0 bridgehead atoms. The van der Waals surface area contributed by atoms with Crippen LogP contribution in [0.3, 0.4) is 0 Å². The molecule has 6 heteroatoms. The zero-order valence-corrected chi connectivity index (χ0v) is 20.8. The van der Waals surface area contributed by atoms with Gasteiger partial charge in [0.15, 0.2) is 0 Å². The molecule has 2 aromatic carbocycles. The Morgan fingerprint density at radius 2 is 1.50 bits per heavy atom. The van der Waals surface area contributed by atoms with Gasteiger partial charge in [0.05, 0.1) is 19.3 Å². The van der Waals surface area contributed by atoms with Crippen LogP contribution in [-0.2, 0) is 14.0 Å². The van der Waals surface area contributed by atoms with E-state index in [1.807, 2.05) is 36.4 Å². The summed E-state index contributed by atoms with van der Waals surface area (Å²) in [4.78, 5) is 11.7. The van der Waals surface area contributed by atoms with Crippen molar-refractivity contribution in [1.82, 2.24) is 0 Å². The van der Waals surface area contributed by atoms with Crippen molar-refractivity contribution in [2.45, 2.75) is 70.6 Å². The molecule has 0 saturated heterocycles. The van der Waals surface area contributed by atoms with Crippen LogP contribution in [0.5, 0.6) is 0 Å². The molecule has 176 valence electrons. The predicted octanol–water partition coefficient (Wildman–Crippen LogP) is 3.41. The van der Waals surface area contributed by atoms with Gasteiger partial charge in [-0.3, -0.25) is 4.79 Å². The van der Waals surface area contributed by atoms with Gasteiger partial charge < -0.3 is 19.4 Å². The van der Waals surface area contributed by atoms with Crippen molar-refractivity contribution < 1.29 is 24.2 Å². The summed E-state index contributed by atoms with van der Waals surface area (Å²) in [6.45, 7) is 8.35. The Labute approximate surface area is 193 Å². The molecular weight excluding hydrogens is 420 g/mol. The fourth-order valence-electron chi connectivity index (χ4n) is 4.21. The summed E-state index contributed by atoms with van der Waals surface area (Å²) < 4.78 is 12.0. The molecule has 0 aliphatic carbocycles. The molecule has 0 spiro atoms. The second kappa shape index (κ2) is 12.3. The van der Waals surface area contributed by atoms with Crippen LogP contribution in [0.2, 0.25) is 5.04 Å². The third-order valence-corrected chi connectivity index (χ3v) is 10.8. The molecule has 0 heterocycles. The SMILES string of the molecule is CCOC(=O)CCCC[C@H](O[Si](c1ccccc1)(c1ccccc1)C(C)(C)C)[C@H](O)CO. The first-order chi connectivity index (χ1) is 15.3. The van der Waals surface area contributed by atoms with Crippen molar-refractivity contribution in [2.75, 3.05) is 13.2 Å². The summed E-state index contributed by atoms with van der Waals surface area (Å²) in [5, 5.41) is 22.5. The van der Waals surface area contributed by atoms with E-state index < -0.39 is 20.5 Å². The molecule has 0 unspecified atom stereocenters. The van der Waals surface area contributed by atoms with Gasteiger partial charge in [-0.1, -0.05) is 87.9 Å². The Morgan fingerprint density at radius 1 is 0.969 bits per heavy atom. The van der Waals surface area contributed by atoms with Gasteiger partial charge in [-0.25, -0.2) is 0 Å². The van der Waals surface area contributed by atoms with Gasteiger partial charge in [0.25, 0.3) is 8.32 Å². The summed E-state index contributed by atoms with van der Waals surface area (Å²) in [7, 11) is -2.85. The van der Waals surface area contributed by atoms with E-state index in [1.165, 1.54) is 0 Å². The Hall–Kier alpha value is -1.99. The van der Waals surface area contributed by atoms with E-state index in [2.05, 4.69) is 45.0 Å². The Balaban J connectivity index is 2.39. The minimum Gasteiger partial charge on any atom is -0.466 e. The van der Waals surface area contributed by atoms with Crippen LogP contribution < -0.4 is 10.4 Å². The van der Waals surface area contributed by atoms with Crippen LogP contribution in [0.25, 0.3) is 0 Å². The van der Waals surface area contributed by atoms with Gasteiger partial charge in [-0.05, 0) is 35.2 Å². The van der Waals surface area contributed by atoms with Gasteiger partial charge >= 0.3 is 5.97 Å². The van der Waals surface area contributed by atoms with E-state index >= 15 is 0 Å². The number of ether oxygens (including phenoxy) is 1. The molecule has 2 rings (SSSR count). The van der Waals surface area contributed by atoms with Crippen molar-refractivity contribution in [3.8, 4) is 0 Å². The topological polar surface area (TPSA) is 76.0 Å². The Bertz CT molecular complexity index is 764. The lowest BCUT2D eigenvalue weighted by molar-refractivity contribution is -0.143. The minimum absolute atomic E-state index is 0.209. The van der Waals surface area contributed by atoms with Crippen LogP contribution in [0, 0.1) is 0 Å². The molecule has 2 aromatic rings. The number of aliphatic hydroxyl groups excluding tert-OH is 2. The number of aliphatic hydroxyl groups is 2. The largest absolute Gasteiger partial charge is 0.466 e. The number of rotatable bonds is 12. The molecule has 0 amide bonds. The molecule has 2 N–H and O–H groups in total. The Kier molecular flexibility index (Phi) is 10.1. The lowest BCUT2D eigenvalue weighted by atomic mass is 10.1. The zero-order chi connectivity index (χ0) is 23.6. The lowest BCUT2D eigenvalue weighted by Gasteiger charge is -2.46. The highest BCUT2D eigenvalue weighted by molar-refractivity contribution is 6.99. The zero-order valence-electron chi connectivity index (χ0n) is 19.8. The molecule has 32 heavy (non-hydrogen) atoms. The summed E-state index contributed by atoms with van der Waals surface area (Å²) >= 11 is 0. The van der Waals surface area contributed by atoms with E-state index in [-0.39, 0.29) is 17.6 Å². The Morgan fingerprint density at radius 3 is 1.94 bits per heavy atom. The molecule has 2 atom stereocenters. The van der Waals surface area contributed by atoms with Gasteiger partial charge in [-0.2, -0.15) is 0 Å². The van der Waals surface area contributed by atoms with Crippen molar-refractivity contribution in [1.29, 1.82) is 0 Å². The molecule has 0 saturated carbocycles. The van der Waals surface area contributed by atoms with E-state index in [4.69, 9.17) is 9.16 Å². The van der Waals surface area contributed by atoms with Crippen LogP contribution in [-0.4, -0.2) is 49.9 Å². The van der Waals surface area contributed by atoms with Gasteiger partial charge in [0.1, 0.15) is 6.10 Å². The third-order valence-electron chi connectivity index (χ3n) is 5.79. The number of hydrogen-bond donors (Lipinski definition) is 2. The quantitative estimate of drug-likeness (QED) is 0.290. The molecule has 0 aromatic heterocycles. The minimum atomic E-state index is -2.85. The van der Waals surface area contributed by atoms with Crippen LogP contribution in [0.4, 0.5) is 0 Å². The standard InChI is InChI=1S/C26H38O5Si/c1-5-30-25(29)19-13-12-18-24(23(28)20-27)31-32(26(2,3)4,21-14-8-6-9-15-21)22-16-10-7-11-17-22/h6-11,14-17,23-24,27-28H,5,12-13,18-20H2,1-4H3/t23-,24+/m1/s1. The normalized spacial score (nSPS) is 14.1. The fraction of sp³-hybridized carbons (Fsp3) is 0.500. The van der Waals surface area contributed by atoms with E-state index in [0.29, 0.717) is 32.3 Å². The number of unbranched alkanes of at least 4 members (excludes halogenated alkanes) is 1. The van der Waals surface area contributed by atoms with E-state index in [1.54, 1.807) is 6.92 Å². The van der Waals surface area contributed by atoms with Crippen molar-refractivity contribution >= 4 is 24.7 Å². The van der Waals surface area contributed by atoms with Crippen molar-refractivity contribution in [3.05, 3.63) is 60.7 Å². The maximum atomic E-state index is 11.7. The van der Waals surface area contributed by atoms with Crippen molar-refractivity contribution in [3.63, 3.8) is 0 Å². The van der Waals surface area contributed by atoms with Crippen LogP contribution in [0.15, 0.2) is 60.7 Å². The second-order valence-corrected chi connectivity index (χ2v) is 13.4. The average Bonchev–Trinajstić information content (AvgIpc) is 2.78. The first-order valence-electron chi connectivity index (χ1n) is 11.5. The highest BCUT2D eigenvalue weighted by Gasteiger charge is 2.52. The molecule has 0 aliphatic rings. The highest BCUT2D eigenvalue weighted by Crippen LogP contribution is 2.38. The van der Waals surface area contributed by atoms with E-state index in [0.717, 1.165) is 10.4 Å². The van der Waals surface area contributed by atoms with Gasteiger partial charge in [0.2, 0.25) is 0 Å². The maximum Gasteiger partial charge on any atom is 0.305 e. The summed E-state index contributed by atoms with van der Waals surface area (Å²) in [5.74, 6) is -0.209. The summed E-state index contributed by atoms with van der Waals surface area (Å²) in [6, 6.07) is 20.5. The molecule has 0 radical (unpaired) electrons. The fourth-order valence-corrected chi connectivity index (χ4v) is 8.96. The molecular formula is C26H38O5Si. The number of esters is 1. The average molecular weight is 459 g/mol. The number of benzene rings is 2. The number of carbonyl (C=O) groups excluding carboxylic acids is 1. The number of carbonyl (C=O) groups is 1. The maximum absolute atomic E-state index is 11.7. The van der Waals surface area contributed by atoms with Gasteiger partial charge in [-0.15, -0.1) is 0 Å². The molecule has 0 aliphatic heterocycles. The predicted molar refractivity (Wildman–Crippen MR) is 131 cm³/mol. The smallest absolute Gasteiger partial charge is 0.305 e. The van der Waals surface area contributed by atoms with Gasteiger partial charge in [0, 0.05) is 6.42 Å². The second-order valence-electron chi connectivity index (χ2n) is 9.12. The first-order valence-corrected chi connectivity index (χ1v) is 13.4. The molecule has 0 fully saturated rings. The third kappa shape index (κ3) is 6.51. The van der Waals surface area contributed by atoms with E-state index in [9.17, 15) is 15.0 Å². The summed E-state index contributed by atoms with van der Waals surface area (Å²) in [5.41, 5.74) is 0.